The molecule has 2 aromatic rings. The molecule has 124 valence electrons. The third-order valence-electron chi connectivity index (χ3n) is 3.91. The number of nitrogens with zero attached hydrogens (tertiary/aromatic N) is 1. The van der Waals surface area contributed by atoms with Crippen LogP contribution in [0.3, 0.4) is 0 Å². The van der Waals surface area contributed by atoms with Crippen molar-refractivity contribution >= 4 is 10.9 Å². The van der Waals surface area contributed by atoms with E-state index in [1.165, 1.54) is 0 Å². The van der Waals surface area contributed by atoms with Gasteiger partial charge >= 0.3 is 0 Å². The molecule has 0 amide bonds. The summed E-state index contributed by atoms with van der Waals surface area (Å²) in [5.74, 6) is 0.385. The van der Waals surface area contributed by atoms with Gasteiger partial charge < -0.3 is 29.9 Å². The van der Waals surface area contributed by atoms with E-state index in [4.69, 9.17) is 9.47 Å². The SMILES string of the molecule is Cc1ccc2cccc(O[C@@H]3O[C@H](CO)[C@@H](O)[C@H](O)[C@H]3O)c2n1. The molecule has 1 saturated heterocycles. The highest BCUT2D eigenvalue weighted by Crippen LogP contribution is 2.28. The van der Waals surface area contributed by atoms with E-state index in [1.807, 2.05) is 25.1 Å². The number of aryl methyl sites for hydroxylation is 1. The molecule has 4 N–H and O–H groups in total. The number of pyridine rings is 1. The Morgan fingerprint density at radius 1 is 1.09 bits per heavy atom. The maximum absolute atomic E-state index is 10.0. The zero-order valence-electron chi connectivity index (χ0n) is 12.5. The molecule has 5 atom stereocenters. The second kappa shape index (κ2) is 6.38. The van der Waals surface area contributed by atoms with Gasteiger partial charge in [-0.3, -0.25) is 0 Å². The van der Waals surface area contributed by atoms with Crippen LogP contribution in [-0.4, -0.2) is 62.7 Å². The lowest BCUT2D eigenvalue weighted by Crippen LogP contribution is -2.60. The van der Waals surface area contributed by atoms with Crippen molar-refractivity contribution < 1.29 is 29.9 Å². The number of para-hydroxylation sites is 1. The summed E-state index contributed by atoms with van der Waals surface area (Å²) in [6.07, 6.45) is -6.58. The quantitative estimate of drug-likeness (QED) is 0.615. The normalized spacial score (nSPS) is 31.3. The van der Waals surface area contributed by atoms with Gasteiger partial charge in [-0.1, -0.05) is 18.2 Å². The van der Waals surface area contributed by atoms with Gasteiger partial charge in [-0.2, -0.15) is 0 Å². The van der Waals surface area contributed by atoms with Crippen LogP contribution in [-0.2, 0) is 4.74 Å². The van der Waals surface area contributed by atoms with Gasteiger partial charge in [0.1, 0.15) is 35.7 Å². The number of aliphatic hydroxyl groups excluding tert-OH is 4. The number of fused-ring (bicyclic) bond motifs is 1. The van der Waals surface area contributed by atoms with E-state index in [0.717, 1.165) is 11.1 Å². The van der Waals surface area contributed by atoms with Crippen LogP contribution in [0.1, 0.15) is 5.69 Å². The topological polar surface area (TPSA) is 112 Å². The van der Waals surface area contributed by atoms with Crippen molar-refractivity contribution in [3.63, 3.8) is 0 Å². The molecular weight excluding hydrogens is 302 g/mol. The summed E-state index contributed by atoms with van der Waals surface area (Å²) in [6, 6.07) is 9.11. The maximum atomic E-state index is 10.0. The van der Waals surface area contributed by atoms with Crippen LogP contribution in [0.15, 0.2) is 30.3 Å². The Bertz CT molecular complexity index is 691. The molecule has 1 fully saturated rings. The third kappa shape index (κ3) is 3.01. The third-order valence-corrected chi connectivity index (χ3v) is 3.91. The zero-order chi connectivity index (χ0) is 16.6. The lowest BCUT2D eigenvalue weighted by Gasteiger charge is -2.39. The standard InChI is InChI=1S/C16H19NO6/c1-8-5-6-9-3-2-4-10(12(9)17-8)22-16-15(21)14(20)13(19)11(7-18)23-16/h2-6,11,13-16,18-21H,7H2,1H3/t11-,13-,14+,15-,16-/m1/s1. The Hall–Kier alpha value is -1.77. The molecule has 0 radical (unpaired) electrons. The maximum Gasteiger partial charge on any atom is 0.229 e. The Morgan fingerprint density at radius 2 is 1.87 bits per heavy atom. The van der Waals surface area contributed by atoms with Gasteiger partial charge in [-0.15, -0.1) is 0 Å². The fraction of sp³-hybridized carbons (Fsp3) is 0.438. The smallest absolute Gasteiger partial charge is 0.229 e. The average molecular weight is 321 g/mol. The summed E-state index contributed by atoms with van der Waals surface area (Å²) in [7, 11) is 0. The minimum absolute atomic E-state index is 0.385. The van der Waals surface area contributed by atoms with Crippen molar-refractivity contribution in [3.05, 3.63) is 36.0 Å². The van der Waals surface area contributed by atoms with E-state index in [-0.39, 0.29) is 0 Å². The van der Waals surface area contributed by atoms with Gasteiger partial charge in [0.15, 0.2) is 0 Å². The van der Waals surface area contributed by atoms with Crippen LogP contribution in [0.2, 0.25) is 0 Å². The van der Waals surface area contributed by atoms with Crippen LogP contribution in [0.25, 0.3) is 10.9 Å². The monoisotopic (exact) mass is 321 g/mol. The Kier molecular flexibility index (Phi) is 4.47. The summed E-state index contributed by atoms with van der Waals surface area (Å²) in [6.45, 7) is 1.35. The second-order valence-electron chi connectivity index (χ2n) is 5.60. The van der Waals surface area contributed by atoms with Crippen molar-refractivity contribution in [2.45, 2.75) is 37.6 Å². The van der Waals surface area contributed by atoms with Crippen molar-refractivity contribution in [2.75, 3.05) is 6.61 Å². The van der Waals surface area contributed by atoms with Gasteiger partial charge in [0, 0.05) is 11.1 Å². The van der Waals surface area contributed by atoms with Crippen LogP contribution in [0.4, 0.5) is 0 Å². The molecular formula is C16H19NO6. The van der Waals surface area contributed by atoms with E-state index < -0.39 is 37.3 Å². The molecule has 7 nitrogen and oxygen atoms in total. The van der Waals surface area contributed by atoms with Crippen LogP contribution in [0.5, 0.6) is 5.75 Å². The molecule has 0 unspecified atom stereocenters. The van der Waals surface area contributed by atoms with E-state index in [2.05, 4.69) is 4.98 Å². The highest BCUT2D eigenvalue weighted by atomic mass is 16.7. The average Bonchev–Trinajstić information content (AvgIpc) is 2.55. The molecule has 0 saturated carbocycles. The molecule has 0 spiro atoms. The first kappa shape index (κ1) is 16.1. The molecule has 3 rings (SSSR count). The Labute approximate surface area is 132 Å². The van der Waals surface area contributed by atoms with Crippen molar-refractivity contribution in [3.8, 4) is 5.75 Å². The van der Waals surface area contributed by atoms with Crippen LogP contribution in [0, 0.1) is 6.92 Å². The predicted octanol–water partition coefficient (Wildman–Crippen LogP) is -0.278. The largest absolute Gasteiger partial charge is 0.460 e. The summed E-state index contributed by atoms with van der Waals surface area (Å²) in [5.41, 5.74) is 1.41. The molecule has 1 aromatic carbocycles. The highest BCUT2D eigenvalue weighted by molar-refractivity contribution is 5.84. The first-order chi connectivity index (χ1) is 11.0. The van der Waals surface area contributed by atoms with Gasteiger partial charge in [0.2, 0.25) is 6.29 Å². The number of benzene rings is 1. The van der Waals surface area contributed by atoms with Crippen LogP contribution >= 0.6 is 0 Å². The molecule has 1 aliphatic rings. The summed E-state index contributed by atoms with van der Waals surface area (Å²) >= 11 is 0. The lowest BCUT2D eigenvalue weighted by atomic mass is 9.99. The van der Waals surface area contributed by atoms with Crippen LogP contribution < -0.4 is 4.74 Å². The van der Waals surface area contributed by atoms with Crippen molar-refractivity contribution in [1.29, 1.82) is 0 Å². The molecule has 23 heavy (non-hydrogen) atoms. The second-order valence-corrected chi connectivity index (χ2v) is 5.60. The van der Waals surface area contributed by atoms with E-state index >= 15 is 0 Å². The van der Waals surface area contributed by atoms with E-state index in [9.17, 15) is 20.4 Å². The first-order valence-corrected chi connectivity index (χ1v) is 7.35. The summed E-state index contributed by atoms with van der Waals surface area (Å²) < 4.78 is 11.0. The zero-order valence-corrected chi connectivity index (χ0v) is 12.5. The molecule has 7 heteroatoms. The summed E-state index contributed by atoms with van der Waals surface area (Å²) in [4.78, 5) is 4.42. The highest BCUT2D eigenvalue weighted by Gasteiger charge is 2.44. The number of rotatable bonds is 3. The van der Waals surface area contributed by atoms with Crippen molar-refractivity contribution in [2.24, 2.45) is 0 Å². The van der Waals surface area contributed by atoms with Gasteiger partial charge in [-0.05, 0) is 19.1 Å². The number of aromatic nitrogens is 1. The van der Waals surface area contributed by atoms with Gasteiger partial charge in [0.05, 0.1) is 6.61 Å². The lowest BCUT2D eigenvalue weighted by molar-refractivity contribution is -0.277. The van der Waals surface area contributed by atoms with Gasteiger partial charge in [-0.25, -0.2) is 4.98 Å². The number of hydrogen-bond acceptors (Lipinski definition) is 7. The molecule has 0 bridgehead atoms. The molecule has 1 aromatic heterocycles. The number of hydrogen-bond donors (Lipinski definition) is 4. The Balaban J connectivity index is 1.90. The van der Waals surface area contributed by atoms with Gasteiger partial charge in [0.25, 0.3) is 0 Å². The predicted molar refractivity (Wildman–Crippen MR) is 80.9 cm³/mol. The van der Waals surface area contributed by atoms with E-state index in [1.54, 1.807) is 12.1 Å². The minimum atomic E-state index is -1.48. The molecule has 2 heterocycles. The fourth-order valence-electron chi connectivity index (χ4n) is 2.60. The fourth-order valence-corrected chi connectivity index (χ4v) is 2.60. The Morgan fingerprint density at radius 3 is 2.61 bits per heavy atom. The minimum Gasteiger partial charge on any atom is -0.460 e. The van der Waals surface area contributed by atoms with Crippen molar-refractivity contribution in [1.82, 2.24) is 4.98 Å². The molecule has 0 aliphatic carbocycles. The first-order valence-electron chi connectivity index (χ1n) is 7.35. The summed E-state index contributed by atoms with van der Waals surface area (Å²) in [5, 5.41) is 39.7. The number of ether oxygens (including phenoxy) is 2. The molecule has 1 aliphatic heterocycles. The number of aliphatic hydroxyl groups is 4. The van der Waals surface area contributed by atoms with E-state index in [0.29, 0.717) is 11.3 Å².